The SMILES string of the molecule is CCc1c2c(cc(Cl)c1C(O)CNC)OCCO2. The molecule has 100 valence electrons. The number of ether oxygens (including phenoxy) is 2. The number of aliphatic hydroxyl groups is 1. The van der Waals surface area contributed by atoms with Gasteiger partial charge in [-0.15, -0.1) is 0 Å². The zero-order valence-electron chi connectivity index (χ0n) is 10.6. The monoisotopic (exact) mass is 271 g/mol. The van der Waals surface area contributed by atoms with Crippen molar-refractivity contribution in [2.45, 2.75) is 19.4 Å². The molecule has 0 saturated heterocycles. The Balaban J connectivity index is 2.51. The first-order valence-corrected chi connectivity index (χ1v) is 6.50. The molecule has 1 aromatic rings. The Morgan fingerprint density at radius 2 is 2.17 bits per heavy atom. The first-order valence-electron chi connectivity index (χ1n) is 6.12. The first kappa shape index (κ1) is 13.5. The molecule has 1 unspecified atom stereocenters. The van der Waals surface area contributed by atoms with E-state index in [0.29, 0.717) is 30.5 Å². The van der Waals surface area contributed by atoms with Gasteiger partial charge in [0, 0.05) is 23.7 Å². The van der Waals surface area contributed by atoms with E-state index in [-0.39, 0.29) is 0 Å². The highest BCUT2D eigenvalue weighted by Gasteiger charge is 2.24. The van der Waals surface area contributed by atoms with Crippen LogP contribution < -0.4 is 14.8 Å². The second kappa shape index (κ2) is 5.78. The largest absolute Gasteiger partial charge is 0.486 e. The molecule has 1 aliphatic heterocycles. The third kappa shape index (κ3) is 2.41. The van der Waals surface area contributed by atoms with Gasteiger partial charge in [0.05, 0.1) is 11.1 Å². The van der Waals surface area contributed by atoms with Gasteiger partial charge >= 0.3 is 0 Å². The Labute approximate surface area is 112 Å². The molecule has 1 aromatic carbocycles. The van der Waals surface area contributed by atoms with Crippen LogP contribution in [0.5, 0.6) is 11.5 Å². The molecule has 2 rings (SSSR count). The van der Waals surface area contributed by atoms with E-state index in [4.69, 9.17) is 21.1 Å². The van der Waals surface area contributed by atoms with E-state index in [0.717, 1.165) is 23.3 Å². The third-order valence-electron chi connectivity index (χ3n) is 3.01. The molecule has 0 radical (unpaired) electrons. The summed E-state index contributed by atoms with van der Waals surface area (Å²) >= 11 is 6.25. The van der Waals surface area contributed by atoms with Crippen LogP contribution >= 0.6 is 11.6 Å². The van der Waals surface area contributed by atoms with Gasteiger partial charge in [0.1, 0.15) is 13.2 Å². The van der Waals surface area contributed by atoms with Crippen LogP contribution in [0.15, 0.2) is 6.07 Å². The van der Waals surface area contributed by atoms with Crippen molar-refractivity contribution in [1.82, 2.24) is 5.32 Å². The van der Waals surface area contributed by atoms with Crippen molar-refractivity contribution in [2.75, 3.05) is 26.8 Å². The molecular formula is C13H18ClNO3. The minimum absolute atomic E-state index is 0.451. The van der Waals surface area contributed by atoms with Crippen molar-refractivity contribution in [2.24, 2.45) is 0 Å². The molecule has 1 heterocycles. The predicted octanol–water partition coefficient (Wildman–Crippen LogP) is 1.93. The number of nitrogens with one attached hydrogen (secondary N) is 1. The van der Waals surface area contributed by atoms with E-state index >= 15 is 0 Å². The van der Waals surface area contributed by atoms with Crippen molar-refractivity contribution in [3.05, 3.63) is 22.2 Å². The van der Waals surface area contributed by atoms with E-state index < -0.39 is 6.10 Å². The van der Waals surface area contributed by atoms with Gasteiger partial charge in [0.15, 0.2) is 11.5 Å². The van der Waals surface area contributed by atoms with Crippen LogP contribution in [0.25, 0.3) is 0 Å². The summed E-state index contributed by atoms with van der Waals surface area (Å²) in [6.45, 7) is 3.53. The van der Waals surface area contributed by atoms with Gasteiger partial charge in [-0.1, -0.05) is 18.5 Å². The zero-order valence-corrected chi connectivity index (χ0v) is 11.4. The number of halogens is 1. The molecule has 4 nitrogen and oxygen atoms in total. The van der Waals surface area contributed by atoms with Gasteiger partial charge in [-0.05, 0) is 13.5 Å². The van der Waals surface area contributed by atoms with Gasteiger partial charge in [-0.3, -0.25) is 0 Å². The van der Waals surface area contributed by atoms with Crippen LogP contribution in [0.3, 0.4) is 0 Å². The fraction of sp³-hybridized carbons (Fsp3) is 0.538. The summed E-state index contributed by atoms with van der Waals surface area (Å²) in [4.78, 5) is 0. The van der Waals surface area contributed by atoms with Gasteiger partial charge in [0.25, 0.3) is 0 Å². The minimum atomic E-state index is -0.645. The average Bonchev–Trinajstić information content (AvgIpc) is 2.37. The molecule has 0 fully saturated rings. The number of hydrogen-bond acceptors (Lipinski definition) is 4. The standard InChI is InChI=1S/C13H18ClNO3/c1-3-8-12(10(16)7-15-2)9(14)6-11-13(8)18-5-4-17-11/h6,10,15-16H,3-5,7H2,1-2H3. The fourth-order valence-electron chi connectivity index (χ4n) is 2.24. The zero-order chi connectivity index (χ0) is 13.1. The Morgan fingerprint density at radius 3 is 2.83 bits per heavy atom. The second-order valence-electron chi connectivity index (χ2n) is 4.20. The molecule has 5 heteroatoms. The van der Waals surface area contributed by atoms with Gasteiger partial charge in [-0.2, -0.15) is 0 Å². The van der Waals surface area contributed by atoms with E-state index in [1.54, 1.807) is 13.1 Å². The summed E-state index contributed by atoms with van der Waals surface area (Å²) in [6.07, 6.45) is 0.0933. The van der Waals surface area contributed by atoms with Crippen LogP contribution in [-0.4, -0.2) is 31.9 Å². The Morgan fingerprint density at radius 1 is 1.44 bits per heavy atom. The van der Waals surface area contributed by atoms with E-state index in [9.17, 15) is 5.11 Å². The van der Waals surface area contributed by atoms with Crippen molar-refractivity contribution in [3.63, 3.8) is 0 Å². The number of likely N-dealkylation sites (N-methyl/N-ethyl adjacent to an activating group) is 1. The van der Waals surface area contributed by atoms with Crippen molar-refractivity contribution < 1.29 is 14.6 Å². The summed E-state index contributed by atoms with van der Waals surface area (Å²) in [7, 11) is 1.79. The normalized spacial score (nSPS) is 15.6. The summed E-state index contributed by atoms with van der Waals surface area (Å²) in [6, 6.07) is 1.73. The molecule has 0 saturated carbocycles. The Bertz CT molecular complexity index is 437. The topological polar surface area (TPSA) is 50.7 Å². The van der Waals surface area contributed by atoms with Gasteiger partial charge < -0.3 is 19.9 Å². The van der Waals surface area contributed by atoms with E-state index in [1.165, 1.54) is 0 Å². The highest BCUT2D eigenvalue weighted by Crippen LogP contribution is 2.42. The Kier molecular flexibility index (Phi) is 4.32. The second-order valence-corrected chi connectivity index (χ2v) is 4.61. The minimum Gasteiger partial charge on any atom is -0.486 e. The maximum absolute atomic E-state index is 10.2. The number of benzene rings is 1. The van der Waals surface area contributed by atoms with E-state index in [1.807, 2.05) is 6.92 Å². The van der Waals surface area contributed by atoms with Crippen LogP contribution in [-0.2, 0) is 6.42 Å². The lowest BCUT2D eigenvalue weighted by Gasteiger charge is -2.25. The number of aliphatic hydroxyl groups excluding tert-OH is 1. The highest BCUT2D eigenvalue weighted by molar-refractivity contribution is 6.31. The van der Waals surface area contributed by atoms with Gasteiger partial charge in [0.2, 0.25) is 0 Å². The molecule has 1 atom stereocenters. The maximum Gasteiger partial charge on any atom is 0.165 e. The maximum atomic E-state index is 10.2. The lowest BCUT2D eigenvalue weighted by Crippen LogP contribution is -2.21. The first-order chi connectivity index (χ1) is 8.69. The summed E-state index contributed by atoms with van der Waals surface area (Å²) < 4.78 is 11.2. The summed E-state index contributed by atoms with van der Waals surface area (Å²) in [5, 5.41) is 13.6. The van der Waals surface area contributed by atoms with Gasteiger partial charge in [-0.25, -0.2) is 0 Å². The summed E-state index contributed by atoms with van der Waals surface area (Å²) in [5.41, 5.74) is 1.66. The highest BCUT2D eigenvalue weighted by atomic mass is 35.5. The smallest absolute Gasteiger partial charge is 0.165 e. The molecule has 0 amide bonds. The molecule has 18 heavy (non-hydrogen) atoms. The van der Waals surface area contributed by atoms with Crippen LogP contribution in [0.1, 0.15) is 24.2 Å². The molecule has 0 spiro atoms. The predicted molar refractivity (Wildman–Crippen MR) is 70.7 cm³/mol. The van der Waals surface area contributed by atoms with Crippen LogP contribution in [0, 0.1) is 0 Å². The molecule has 0 aromatic heterocycles. The molecule has 2 N–H and O–H groups in total. The lowest BCUT2D eigenvalue weighted by molar-refractivity contribution is 0.162. The molecule has 0 bridgehead atoms. The Hall–Kier alpha value is -0.970. The van der Waals surface area contributed by atoms with Crippen LogP contribution in [0.4, 0.5) is 0 Å². The third-order valence-corrected chi connectivity index (χ3v) is 3.32. The van der Waals surface area contributed by atoms with E-state index in [2.05, 4.69) is 5.32 Å². The quantitative estimate of drug-likeness (QED) is 0.879. The number of rotatable bonds is 4. The summed E-state index contributed by atoms with van der Waals surface area (Å²) in [5.74, 6) is 1.39. The fourth-order valence-corrected chi connectivity index (χ4v) is 2.58. The molecule has 0 aliphatic carbocycles. The van der Waals surface area contributed by atoms with Crippen molar-refractivity contribution >= 4 is 11.6 Å². The van der Waals surface area contributed by atoms with Crippen molar-refractivity contribution in [3.8, 4) is 11.5 Å². The lowest BCUT2D eigenvalue weighted by atomic mass is 9.98. The number of fused-ring (bicyclic) bond motifs is 1. The number of hydrogen-bond donors (Lipinski definition) is 2. The van der Waals surface area contributed by atoms with Crippen molar-refractivity contribution in [1.29, 1.82) is 0 Å². The average molecular weight is 272 g/mol. The molecule has 1 aliphatic rings. The van der Waals surface area contributed by atoms with Crippen LogP contribution in [0.2, 0.25) is 5.02 Å². The molecular weight excluding hydrogens is 254 g/mol.